The first-order chi connectivity index (χ1) is 9.27. The van der Waals surface area contributed by atoms with Crippen molar-refractivity contribution in [1.29, 1.82) is 0 Å². The average molecular weight is 264 g/mol. The Morgan fingerprint density at radius 1 is 1.42 bits per heavy atom. The van der Waals surface area contributed by atoms with Crippen LogP contribution in [-0.2, 0) is 0 Å². The Balaban J connectivity index is 2.25. The van der Waals surface area contributed by atoms with Gasteiger partial charge in [0, 0.05) is 19.2 Å². The second-order valence-electron chi connectivity index (χ2n) is 4.98. The van der Waals surface area contributed by atoms with Crippen LogP contribution in [0.2, 0.25) is 0 Å². The van der Waals surface area contributed by atoms with Gasteiger partial charge in [0.2, 0.25) is 0 Å². The number of nitrogen functional groups attached to an aromatic ring is 1. The summed E-state index contributed by atoms with van der Waals surface area (Å²) in [5.74, 6) is 0.758. The number of para-hydroxylation sites is 1. The van der Waals surface area contributed by atoms with Crippen LogP contribution in [0.3, 0.4) is 0 Å². The van der Waals surface area contributed by atoms with Crippen LogP contribution >= 0.6 is 0 Å². The van der Waals surface area contributed by atoms with Crippen LogP contribution in [0.15, 0.2) is 18.2 Å². The number of hydrogen-bond donors (Lipinski definition) is 2. The van der Waals surface area contributed by atoms with Gasteiger partial charge in [0.15, 0.2) is 0 Å². The van der Waals surface area contributed by atoms with Crippen LogP contribution in [0, 0.1) is 0 Å². The van der Waals surface area contributed by atoms with Gasteiger partial charge in [0.05, 0.1) is 18.0 Å². The lowest BCUT2D eigenvalue weighted by Gasteiger charge is -2.38. The van der Waals surface area contributed by atoms with Crippen LogP contribution < -0.4 is 15.4 Å². The second-order valence-corrected chi connectivity index (χ2v) is 4.98. The van der Waals surface area contributed by atoms with Crippen LogP contribution in [0.25, 0.3) is 0 Å². The molecule has 0 amide bonds. The summed E-state index contributed by atoms with van der Waals surface area (Å²) in [7, 11) is 0. The van der Waals surface area contributed by atoms with E-state index >= 15 is 0 Å². The highest BCUT2D eigenvalue weighted by Gasteiger charge is 2.24. The number of anilines is 2. The minimum absolute atomic E-state index is 0.228. The van der Waals surface area contributed by atoms with Crippen molar-refractivity contribution >= 4 is 11.4 Å². The molecule has 0 saturated carbocycles. The molecule has 2 rings (SSSR count). The number of hydrogen-bond acceptors (Lipinski definition) is 4. The van der Waals surface area contributed by atoms with Gasteiger partial charge in [-0.15, -0.1) is 0 Å². The molecular weight excluding hydrogens is 240 g/mol. The normalized spacial score (nSPS) is 19.5. The molecule has 1 heterocycles. The molecule has 4 heteroatoms. The van der Waals surface area contributed by atoms with Crippen molar-refractivity contribution in [3.05, 3.63) is 18.2 Å². The van der Waals surface area contributed by atoms with E-state index in [0.29, 0.717) is 18.3 Å². The summed E-state index contributed by atoms with van der Waals surface area (Å²) in [6.07, 6.45) is 4.34. The molecule has 4 nitrogen and oxygen atoms in total. The largest absolute Gasteiger partial charge is 0.492 e. The van der Waals surface area contributed by atoms with Crippen LogP contribution in [0.5, 0.6) is 5.75 Å². The van der Waals surface area contributed by atoms with Crippen LogP contribution in [0.4, 0.5) is 11.4 Å². The third-order valence-corrected chi connectivity index (χ3v) is 3.74. The van der Waals surface area contributed by atoms with E-state index < -0.39 is 0 Å². The number of piperidine rings is 1. The molecule has 1 aliphatic heterocycles. The summed E-state index contributed by atoms with van der Waals surface area (Å²) in [5.41, 5.74) is 7.99. The summed E-state index contributed by atoms with van der Waals surface area (Å²) >= 11 is 0. The van der Waals surface area contributed by atoms with Crippen molar-refractivity contribution < 1.29 is 9.84 Å². The summed E-state index contributed by atoms with van der Waals surface area (Å²) in [5, 5.41) is 9.21. The Labute approximate surface area is 115 Å². The molecule has 106 valence electrons. The van der Waals surface area contributed by atoms with Gasteiger partial charge in [0.1, 0.15) is 5.75 Å². The number of rotatable bonds is 5. The van der Waals surface area contributed by atoms with E-state index in [9.17, 15) is 5.11 Å². The summed E-state index contributed by atoms with van der Waals surface area (Å²) in [6, 6.07) is 6.33. The first-order valence-electron chi connectivity index (χ1n) is 7.16. The third-order valence-electron chi connectivity index (χ3n) is 3.74. The topological polar surface area (TPSA) is 58.7 Å². The average Bonchev–Trinajstić information content (AvgIpc) is 2.43. The summed E-state index contributed by atoms with van der Waals surface area (Å²) in [4.78, 5) is 2.33. The predicted octanol–water partition coefficient (Wildman–Crippen LogP) is 2.41. The lowest BCUT2D eigenvalue weighted by atomic mass is 9.98. The van der Waals surface area contributed by atoms with Crippen molar-refractivity contribution in [2.75, 3.05) is 30.4 Å². The fourth-order valence-electron chi connectivity index (χ4n) is 2.83. The van der Waals surface area contributed by atoms with E-state index in [1.807, 2.05) is 25.1 Å². The number of benzene rings is 1. The van der Waals surface area contributed by atoms with Crippen molar-refractivity contribution in [3.8, 4) is 5.75 Å². The van der Waals surface area contributed by atoms with Gasteiger partial charge in [-0.2, -0.15) is 0 Å². The van der Waals surface area contributed by atoms with Crippen molar-refractivity contribution in [3.63, 3.8) is 0 Å². The Hall–Kier alpha value is -1.42. The molecule has 1 fully saturated rings. The predicted molar refractivity (Wildman–Crippen MR) is 78.7 cm³/mol. The first kappa shape index (κ1) is 14.0. The molecule has 1 saturated heterocycles. The lowest BCUT2D eigenvalue weighted by molar-refractivity contribution is 0.262. The van der Waals surface area contributed by atoms with Gasteiger partial charge in [0.25, 0.3) is 0 Å². The van der Waals surface area contributed by atoms with Crippen LogP contribution in [-0.4, -0.2) is 30.9 Å². The molecule has 0 bridgehead atoms. The van der Waals surface area contributed by atoms with E-state index in [4.69, 9.17) is 10.5 Å². The van der Waals surface area contributed by atoms with Gasteiger partial charge in [-0.1, -0.05) is 6.07 Å². The lowest BCUT2D eigenvalue weighted by Crippen LogP contribution is -2.40. The van der Waals surface area contributed by atoms with Gasteiger partial charge in [-0.3, -0.25) is 0 Å². The molecule has 19 heavy (non-hydrogen) atoms. The molecule has 3 N–H and O–H groups in total. The molecule has 0 radical (unpaired) electrons. The van der Waals surface area contributed by atoms with E-state index in [1.165, 1.54) is 12.8 Å². The molecule has 1 aromatic rings. The summed E-state index contributed by atoms with van der Waals surface area (Å²) < 4.78 is 5.56. The second kappa shape index (κ2) is 6.66. The van der Waals surface area contributed by atoms with Gasteiger partial charge in [-0.25, -0.2) is 0 Å². The minimum Gasteiger partial charge on any atom is -0.492 e. The monoisotopic (exact) mass is 264 g/mol. The standard InChI is InChI=1S/C15H24N2O2/c1-2-19-14-8-5-7-13(15(14)16)17-10-4-3-6-12(17)9-11-18/h5,7-8,12,18H,2-4,6,9-11,16H2,1H3. The zero-order valence-electron chi connectivity index (χ0n) is 11.6. The van der Waals surface area contributed by atoms with Crippen molar-refractivity contribution in [2.45, 2.75) is 38.6 Å². The maximum Gasteiger partial charge on any atom is 0.144 e. The number of aliphatic hydroxyl groups is 1. The van der Waals surface area contributed by atoms with E-state index in [2.05, 4.69) is 4.90 Å². The van der Waals surface area contributed by atoms with Gasteiger partial charge in [-0.05, 0) is 44.7 Å². The molecule has 0 aliphatic carbocycles. The fraction of sp³-hybridized carbons (Fsp3) is 0.600. The third kappa shape index (κ3) is 3.13. The van der Waals surface area contributed by atoms with Crippen molar-refractivity contribution in [2.24, 2.45) is 0 Å². The number of nitrogens with two attached hydrogens (primary N) is 1. The zero-order valence-corrected chi connectivity index (χ0v) is 11.6. The molecule has 0 aromatic heterocycles. The number of nitrogens with zero attached hydrogens (tertiary/aromatic N) is 1. The van der Waals surface area contributed by atoms with E-state index in [1.54, 1.807) is 0 Å². The Bertz CT molecular complexity index is 407. The van der Waals surface area contributed by atoms with Gasteiger partial charge >= 0.3 is 0 Å². The highest BCUT2D eigenvalue weighted by atomic mass is 16.5. The zero-order chi connectivity index (χ0) is 13.7. The number of ether oxygens (including phenoxy) is 1. The fourth-order valence-corrected chi connectivity index (χ4v) is 2.83. The molecule has 1 atom stereocenters. The minimum atomic E-state index is 0.228. The highest BCUT2D eigenvalue weighted by Crippen LogP contribution is 2.36. The van der Waals surface area contributed by atoms with Crippen molar-refractivity contribution in [1.82, 2.24) is 0 Å². The van der Waals surface area contributed by atoms with E-state index in [0.717, 1.165) is 30.8 Å². The first-order valence-corrected chi connectivity index (χ1v) is 7.16. The maximum absolute atomic E-state index is 9.21. The highest BCUT2D eigenvalue weighted by molar-refractivity contribution is 5.74. The Morgan fingerprint density at radius 2 is 2.26 bits per heavy atom. The smallest absolute Gasteiger partial charge is 0.144 e. The molecular formula is C15H24N2O2. The quantitative estimate of drug-likeness (QED) is 0.802. The van der Waals surface area contributed by atoms with Gasteiger partial charge < -0.3 is 20.5 Å². The Kier molecular flexibility index (Phi) is 4.91. The van der Waals surface area contributed by atoms with E-state index in [-0.39, 0.29) is 6.61 Å². The molecule has 0 spiro atoms. The molecule has 1 aliphatic rings. The number of aliphatic hydroxyl groups excluding tert-OH is 1. The molecule has 1 unspecified atom stereocenters. The maximum atomic E-state index is 9.21. The Morgan fingerprint density at radius 3 is 3.00 bits per heavy atom. The molecule has 1 aromatic carbocycles. The summed E-state index contributed by atoms with van der Waals surface area (Å²) in [6.45, 7) is 3.81. The van der Waals surface area contributed by atoms with Crippen LogP contribution in [0.1, 0.15) is 32.6 Å². The SMILES string of the molecule is CCOc1cccc(N2CCCCC2CCO)c1N.